The van der Waals surface area contributed by atoms with Gasteiger partial charge >= 0.3 is 0 Å². The molecule has 1 unspecified atom stereocenters. The number of hydrogen-bond acceptors (Lipinski definition) is 1. The second-order valence-electron chi connectivity index (χ2n) is 16.5. The average molecular weight is 754 g/mol. The van der Waals surface area contributed by atoms with Gasteiger partial charge in [-0.3, -0.25) is 0 Å². The average Bonchev–Trinajstić information content (AvgIpc) is 3.73. The Hall–Kier alpha value is -7.22. The Morgan fingerprint density at radius 1 is 0.288 bits per heavy atom. The van der Waals surface area contributed by atoms with Gasteiger partial charge < -0.3 is 4.90 Å². The summed E-state index contributed by atoms with van der Waals surface area (Å²) in [5, 5.41) is 0. The Bertz CT molecular complexity index is 2980. The van der Waals surface area contributed by atoms with Gasteiger partial charge in [0, 0.05) is 22.5 Å². The fourth-order valence-electron chi connectivity index (χ4n) is 10.1. The summed E-state index contributed by atoms with van der Waals surface area (Å²) in [7, 11) is 0. The number of fused-ring (bicyclic) bond motifs is 6. The standard InChI is InChI=1S/C58H43N/c1-57(2)53-24-14-12-22-49(53)51-36-34-47(38-55(51)57)59(46-32-28-43(29-33-46)41-18-8-4-9-19-41)48-35-37-52-50-23-13-15-25-54(50)58(56(52)39-48,44-20-10-5-11-21-44)45-30-26-42(27-31-45)40-16-6-3-7-17-40/h3-39H,1-2H3. The molecule has 9 aromatic carbocycles. The SMILES string of the molecule is CC1(C)c2ccccc2-c2ccc(N(c3ccc(-c4ccccc4)cc3)c3ccc4c(c3)C(c3ccccc3)(c3ccc(-c5ccccc5)cc3)c3ccccc3-4)cc21. The van der Waals surface area contributed by atoms with Crippen LogP contribution in [0.2, 0.25) is 0 Å². The lowest BCUT2D eigenvalue weighted by molar-refractivity contribution is 0.660. The van der Waals surface area contributed by atoms with E-state index >= 15 is 0 Å². The van der Waals surface area contributed by atoms with Gasteiger partial charge in [-0.2, -0.15) is 0 Å². The molecule has 0 bridgehead atoms. The molecule has 2 aliphatic rings. The van der Waals surface area contributed by atoms with E-state index in [1.165, 1.54) is 77.9 Å². The predicted molar refractivity (Wildman–Crippen MR) is 247 cm³/mol. The summed E-state index contributed by atoms with van der Waals surface area (Å²) in [5.41, 5.74) is 20.6. The van der Waals surface area contributed by atoms with Crippen molar-refractivity contribution in [2.24, 2.45) is 0 Å². The number of benzene rings is 9. The molecule has 1 atom stereocenters. The van der Waals surface area contributed by atoms with Crippen LogP contribution in [0.5, 0.6) is 0 Å². The first kappa shape index (κ1) is 35.0. The zero-order valence-electron chi connectivity index (χ0n) is 33.3. The van der Waals surface area contributed by atoms with Crippen LogP contribution in [0.25, 0.3) is 44.5 Å². The maximum absolute atomic E-state index is 2.48. The molecule has 1 nitrogen and oxygen atoms in total. The molecule has 0 aliphatic heterocycles. The molecule has 2 aliphatic carbocycles. The van der Waals surface area contributed by atoms with Gasteiger partial charge in [-0.1, -0.05) is 202 Å². The summed E-state index contributed by atoms with van der Waals surface area (Å²) in [6, 6.07) is 83.0. The molecule has 0 radical (unpaired) electrons. The van der Waals surface area contributed by atoms with Crippen molar-refractivity contribution >= 4 is 17.1 Å². The second-order valence-corrected chi connectivity index (χ2v) is 16.5. The van der Waals surface area contributed by atoms with Crippen molar-refractivity contribution in [1.29, 1.82) is 0 Å². The molecule has 0 N–H and O–H groups in total. The van der Waals surface area contributed by atoms with Crippen LogP contribution in [0.3, 0.4) is 0 Å². The zero-order valence-corrected chi connectivity index (χ0v) is 33.3. The van der Waals surface area contributed by atoms with E-state index in [2.05, 4.69) is 243 Å². The highest BCUT2D eigenvalue weighted by atomic mass is 15.1. The van der Waals surface area contributed by atoms with E-state index < -0.39 is 5.41 Å². The summed E-state index contributed by atoms with van der Waals surface area (Å²) < 4.78 is 0. The first-order chi connectivity index (χ1) is 29.0. The van der Waals surface area contributed by atoms with Crippen LogP contribution in [0.4, 0.5) is 17.1 Å². The molecular formula is C58H43N. The highest BCUT2D eigenvalue weighted by molar-refractivity contribution is 5.91. The van der Waals surface area contributed by atoms with Crippen molar-refractivity contribution in [1.82, 2.24) is 0 Å². The molecule has 11 rings (SSSR count). The van der Waals surface area contributed by atoms with E-state index in [1.54, 1.807) is 0 Å². The fraction of sp³-hybridized carbons (Fsp3) is 0.0690. The van der Waals surface area contributed by atoms with Gasteiger partial charge in [0.15, 0.2) is 0 Å². The topological polar surface area (TPSA) is 3.24 Å². The van der Waals surface area contributed by atoms with Gasteiger partial charge in [-0.25, -0.2) is 0 Å². The normalized spacial score (nSPS) is 15.5. The molecule has 0 heterocycles. The van der Waals surface area contributed by atoms with Crippen molar-refractivity contribution < 1.29 is 0 Å². The second kappa shape index (κ2) is 13.7. The highest BCUT2D eigenvalue weighted by Gasteiger charge is 2.46. The third-order valence-electron chi connectivity index (χ3n) is 13.0. The molecular weight excluding hydrogens is 711 g/mol. The van der Waals surface area contributed by atoms with E-state index in [9.17, 15) is 0 Å². The lowest BCUT2D eigenvalue weighted by Crippen LogP contribution is -2.28. The van der Waals surface area contributed by atoms with E-state index in [-0.39, 0.29) is 5.41 Å². The van der Waals surface area contributed by atoms with Crippen molar-refractivity contribution in [3.63, 3.8) is 0 Å². The van der Waals surface area contributed by atoms with Gasteiger partial charge in [0.2, 0.25) is 0 Å². The van der Waals surface area contributed by atoms with Crippen molar-refractivity contribution in [2.75, 3.05) is 4.90 Å². The van der Waals surface area contributed by atoms with Crippen molar-refractivity contribution in [3.8, 4) is 44.5 Å². The Balaban J connectivity index is 1.13. The molecule has 0 amide bonds. The molecule has 59 heavy (non-hydrogen) atoms. The molecule has 0 fully saturated rings. The summed E-state index contributed by atoms with van der Waals surface area (Å²) in [5.74, 6) is 0. The van der Waals surface area contributed by atoms with Crippen LogP contribution in [-0.2, 0) is 10.8 Å². The van der Waals surface area contributed by atoms with Crippen molar-refractivity contribution in [2.45, 2.75) is 24.7 Å². The predicted octanol–water partition coefficient (Wildman–Crippen LogP) is 15.2. The maximum Gasteiger partial charge on any atom is 0.0714 e. The number of nitrogens with zero attached hydrogens (tertiary/aromatic N) is 1. The fourth-order valence-corrected chi connectivity index (χ4v) is 10.1. The van der Waals surface area contributed by atoms with Crippen LogP contribution in [0.15, 0.2) is 224 Å². The van der Waals surface area contributed by atoms with Crippen molar-refractivity contribution in [3.05, 3.63) is 258 Å². The van der Waals surface area contributed by atoms with Gasteiger partial charge in [-0.15, -0.1) is 0 Å². The van der Waals surface area contributed by atoms with Crippen LogP contribution >= 0.6 is 0 Å². The van der Waals surface area contributed by atoms with Crippen LogP contribution in [0.1, 0.15) is 47.2 Å². The molecule has 0 saturated carbocycles. The van der Waals surface area contributed by atoms with Crippen LogP contribution in [-0.4, -0.2) is 0 Å². The zero-order chi connectivity index (χ0) is 39.6. The number of anilines is 3. The minimum atomic E-state index is -0.539. The smallest absolute Gasteiger partial charge is 0.0714 e. The van der Waals surface area contributed by atoms with Gasteiger partial charge in [0.25, 0.3) is 0 Å². The van der Waals surface area contributed by atoms with Crippen LogP contribution < -0.4 is 4.90 Å². The van der Waals surface area contributed by atoms with Gasteiger partial charge in [0.1, 0.15) is 0 Å². The third kappa shape index (κ3) is 5.46. The molecule has 0 aromatic heterocycles. The molecule has 1 heteroatoms. The lowest BCUT2D eigenvalue weighted by Gasteiger charge is -2.35. The summed E-state index contributed by atoms with van der Waals surface area (Å²) in [6.45, 7) is 4.73. The first-order valence-corrected chi connectivity index (χ1v) is 20.7. The highest BCUT2D eigenvalue weighted by Crippen LogP contribution is 2.58. The van der Waals surface area contributed by atoms with E-state index in [1.807, 2.05) is 0 Å². The van der Waals surface area contributed by atoms with E-state index in [0.717, 1.165) is 17.1 Å². The Morgan fingerprint density at radius 3 is 1.27 bits per heavy atom. The minimum absolute atomic E-state index is 0.126. The van der Waals surface area contributed by atoms with E-state index in [4.69, 9.17) is 0 Å². The largest absolute Gasteiger partial charge is 0.310 e. The van der Waals surface area contributed by atoms with E-state index in [0.29, 0.717) is 0 Å². The number of hydrogen-bond donors (Lipinski definition) is 0. The quantitative estimate of drug-likeness (QED) is 0.157. The van der Waals surface area contributed by atoms with Gasteiger partial charge in [-0.05, 0) is 114 Å². The first-order valence-electron chi connectivity index (χ1n) is 20.7. The Kier molecular flexibility index (Phi) is 8.13. The maximum atomic E-state index is 2.48. The molecule has 0 spiro atoms. The summed E-state index contributed by atoms with van der Waals surface area (Å²) >= 11 is 0. The van der Waals surface area contributed by atoms with Crippen LogP contribution in [0, 0.1) is 0 Å². The molecule has 9 aromatic rings. The molecule has 0 saturated heterocycles. The summed E-state index contributed by atoms with van der Waals surface area (Å²) in [4.78, 5) is 2.46. The monoisotopic (exact) mass is 753 g/mol. The number of rotatable bonds is 7. The minimum Gasteiger partial charge on any atom is -0.310 e. The molecule has 280 valence electrons. The lowest BCUT2D eigenvalue weighted by atomic mass is 9.67. The van der Waals surface area contributed by atoms with Gasteiger partial charge in [0.05, 0.1) is 5.41 Å². The Morgan fingerprint density at radius 2 is 0.678 bits per heavy atom. The third-order valence-corrected chi connectivity index (χ3v) is 13.0. The Labute approximate surface area is 347 Å². The summed E-state index contributed by atoms with van der Waals surface area (Å²) in [6.07, 6.45) is 0.